The molecule has 2 heterocycles. The third-order valence-corrected chi connectivity index (χ3v) is 5.34. The van der Waals surface area contributed by atoms with Gasteiger partial charge in [-0.05, 0) is 49.2 Å². The zero-order valence-electron chi connectivity index (χ0n) is 17.0. The van der Waals surface area contributed by atoms with E-state index in [0.717, 1.165) is 30.2 Å². The first-order chi connectivity index (χ1) is 15.1. The van der Waals surface area contributed by atoms with Crippen molar-refractivity contribution in [3.63, 3.8) is 0 Å². The average Bonchev–Trinajstić information content (AvgIpc) is 3.09. The van der Waals surface area contributed by atoms with Crippen LogP contribution in [0.3, 0.4) is 0 Å². The lowest BCUT2D eigenvalue weighted by Crippen LogP contribution is -2.25. The number of non-ortho nitro benzene ring substituents is 1. The van der Waals surface area contributed by atoms with Crippen molar-refractivity contribution >= 4 is 23.1 Å². The number of hydrogen-bond acceptors (Lipinski definition) is 6. The number of nitrogens with one attached hydrogen (secondary N) is 1. The van der Waals surface area contributed by atoms with Gasteiger partial charge in [0.25, 0.3) is 11.6 Å². The highest BCUT2D eigenvalue weighted by Gasteiger charge is 2.13. The fraction of sp³-hybridized carbons (Fsp3) is 0.261. The Morgan fingerprint density at radius 2 is 1.68 bits per heavy atom. The summed E-state index contributed by atoms with van der Waals surface area (Å²) in [5, 5.41) is 22.4. The maximum atomic E-state index is 12.5. The number of benzene rings is 2. The molecule has 0 bridgehead atoms. The Balaban J connectivity index is 1.46. The highest BCUT2D eigenvalue weighted by molar-refractivity contribution is 6.04. The fourth-order valence-corrected chi connectivity index (χ4v) is 3.64. The fourth-order valence-electron chi connectivity index (χ4n) is 3.64. The van der Waals surface area contributed by atoms with Gasteiger partial charge in [0.05, 0.1) is 10.6 Å². The standard InChI is InChI=1S/C23H23N5O3/c29-23(17-8-10-20(11-9-17)28(30)31)24-19-7-5-6-18(16-19)21-12-13-22(26-25-21)27-14-3-1-2-4-15-27/h5-13,16H,1-4,14-15H2,(H,24,29). The van der Waals surface area contributed by atoms with Crippen molar-refractivity contribution < 1.29 is 9.72 Å². The number of nitrogens with zero attached hydrogens (tertiary/aromatic N) is 4. The predicted octanol–water partition coefficient (Wildman–Crippen LogP) is 4.68. The molecular formula is C23H23N5O3. The second kappa shape index (κ2) is 9.34. The van der Waals surface area contributed by atoms with Gasteiger partial charge in [-0.3, -0.25) is 14.9 Å². The third-order valence-electron chi connectivity index (χ3n) is 5.34. The van der Waals surface area contributed by atoms with Crippen molar-refractivity contribution in [1.82, 2.24) is 10.2 Å². The molecule has 31 heavy (non-hydrogen) atoms. The Morgan fingerprint density at radius 3 is 2.32 bits per heavy atom. The zero-order valence-corrected chi connectivity index (χ0v) is 17.0. The van der Waals surface area contributed by atoms with Gasteiger partial charge in [-0.1, -0.05) is 25.0 Å². The summed E-state index contributed by atoms with van der Waals surface area (Å²) >= 11 is 0. The lowest BCUT2D eigenvalue weighted by atomic mass is 10.1. The van der Waals surface area contributed by atoms with Crippen LogP contribution in [0.1, 0.15) is 36.0 Å². The Labute approximate surface area is 180 Å². The van der Waals surface area contributed by atoms with E-state index < -0.39 is 4.92 Å². The van der Waals surface area contributed by atoms with Crippen LogP contribution in [0, 0.1) is 10.1 Å². The van der Waals surface area contributed by atoms with Crippen LogP contribution >= 0.6 is 0 Å². The predicted molar refractivity (Wildman–Crippen MR) is 119 cm³/mol. The van der Waals surface area contributed by atoms with Crippen molar-refractivity contribution in [2.24, 2.45) is 0 Å². The molecule has 1 aliphatic heterocycles. The van der Waals surface area contributed by atoms with Crippen LogP contribution in [0.2, 0.25) is 0 Å². The van der Waals surface area contributed by atoms with Crippen molar-refractivity contribution in [3.05, 3.63) is 76.3 Å². The summed E-state index contributed by atoms with van der Waals surface area (Å²) in [5.41, 5.74) is 2.47. The molecule has 8 nitrogen and oxygen atoms in total. The van der Waals surface area contributed by atoms with Crippen molar-refractivity contribution in [3.8, 4) is 11.3 Å². The number of carbonyl (C=O) groups excluding carboxylic acids is 1. The van der Waals surface area contributed by atoms with Crippen LogP contribution in [0.25, 0.3) is 11.3 Å². The van der Waals surface area contributed by atoms with Crippen molar-refractivity contribution in [1.29, 1.82) is 0 Å². The molecule has 0 saturated carbocycles. The van der Waals surface area contributed by atoms with Crippen molar-refractivity contribution in [2.45, 2.75) is 25.7 Å². The molecule has 1 aromatic heterocycles. The molecule has 2 aromatic carbocycles. The minimum Gasteiger partial charge on any atom is -0.355 e. The Kier molecular flexibility index (Phi) is 6.16. The van der Waals surface area contributed by atoms with Crippen LogP contribution in [0.15, 0.2) is 60.7 Å². The molecule has 0 atom stereocenters. The molecule has 0 aliphatic carbocycles. The number of amides is 1. The highest BCUT2D eigenvalue weighted by Crippen LogP contribution is 2.23. The first-order valence-electron chi connectivity index (χ1n) is 10.3. The SMILES string of the molecule is O=C(Nc1cccc(-c2ccc(N3CCCCCC3)nn2)c1)c1ccc([N+](=O)[O-])cc1. The summed E-state index contributed by atoms with van der Waals surface area (Å²) in [6.45, 7) is 2.02. The largest absolute Gasteiger partial charge is 0.355 e. The van der Waals surface area contributed by atoms with Gasteiger partial charge >= 0.3 is 0 Å². The molecule has 1 saturated heterocycles. The van der Waals surface area contributed by atoms with E-state index in [-0.39, 0.29) is 11.6 Å². The van der Waals surface area contributed by atoms with E-state index >= 15 is 0 Å². The number of rotatable bonds is 5. The zero-order chi connectivity index (χ0) is 21.6. The van der Waals surface area contributed by atoms with E-state index in [1.54, 1.807) is 6.07 Å². The molecule has 0 radical (unpaired) electrons. The number of hydrogen-bond donors (Lipinski definition) is 1. The summed E-state index contributed by atoms with van der Waals surface area (Å²) in [6.07, 6.45) is 4.89. The lowest BCUT2D eigenvalue weighted by Gasteiger charge is -2.20. The molecule has 8 heteroatoms. The van der Waals surface area contributed by atoms with Gasteiger partial charge in [-0.15, -0.1) is 10.2 Å². The summed E-state index contributed by atoms with van der Waals surface area (Å²) < 4.78 is 0. The first-order valence-corrected chi connectivity index (χ1v) is 10.3. The number of carbonyl (C=O) groups is 1. The topological polar surface area (TPSA) is 101 Å². The van der Waals surface area contributed by atoms with Gasteiger partial charge in [-0.25, -0.2) is 0 Å². The monoisotopic (exact) mass is 417 g/mol. The van der Waals surface area contributed by atoms with Gasteiger partial charge in [0.2, 0.25) is 0 Å². The summed E-state index contributed by atoms with van der Waals surface area (Å²) in [7, 11) is 0. The van der Waals surface area contributed by atoms with E-state index in [1.807, 2.05) is 30.3 Å². The Hall–Kier alpha value is -3.81. The molecule has 4 rings (SSSR count). The normalized spacial score (nSPS) is 14.0. The molecule has 1 amide bonds. The van der Waals surface area contributed by atoms with Gasteiger partial charge in [0.15, 0.2) is 5.82 Å². The summed E-state index contributed by atoms with van der Waals surface area (Å²) in [6, 6.07) is 16.8. The molecule has 0 unspecified atom stereocenters. The summed E-state index contributed by atoms with van der Waals surface area (Å²) in [5.74, 6) is 0.558. The Bertz CT molecular complexity index is 1060. The molecular weight excluding hydrogens is 394 g/mol. The van der Waals surface area contributed by atoms with Crippen molar-refractivity contribution in [2.75, 3.05) is 23.3 Å². The second-order valence-corrected chi connectivity index (χ2v) is 7.52. The lowest BCUT2D eigenvalue weighted by molar-refractivity contribution is -0.384. The highest BCUT2D eigenvalue weighted by atomic mass is 16.6. The number of nitro benzene ring substituents is 1. The first kappa shape index (κ1) is 20.5. The van der Waals surface area contributed by atoms with Crippen LogP contribution in [-0.2, 0) is 0 Å². The maximum absolute atomic E-state index is 12.5. The van der Waals surface area contributed by atoms with E-state index in [1.165, 1.54) is 49.9 Å². The average molecular weight is 417 g/mol. The van der Waals surface area contributed by atoms with Crippen LogP contribution in [-0.4, -0.2) is 34.1 Å². The van der Waals surface area contributed by atoms with Crippen LogP contribution in [0.5, 0.6) is 0 Å². The van der Waals surface area contributed by atoms with Gasteiger partial charge < -0.3 is 10.2 Å². The molecule has 3 aromatic rings. The Morgan fingerprint density at radius 1 is 0.935 bits per heavy atom. The molecule has 1 fully saturated rings. The second-order valence-electron chi connectivity index (χ2n) is 7.52. The van der Waals surface area contributed by atoms with Crippen LogP contribution < -0.4 is 10.2 Å². The maximum Gasteiger partial charge on any atom is 0.269 e. The molecule has 1 N–H and O–H groups in total. The van der Waals surface area contributed by atoms with E-state index in [0.29, 0.717) is 11.3 Å². The number of anilines is 2. The summed E-state index contributed by atoms with van der Waals surface area (Å²) in [4.78, 5) is 25.0. The molecule has 1 aliphatic rings. The molecule has 158 valence electrons. The van der Waals surface area contributed by atoms with E-state index in [9.17, 15) is 14.9 Å². The number of nitro groups is 1. The van der Waals surface area contributed by atoms with Gasteiger partial charge in [-0.2, -0.15) is 0 Å². The smallest absolute Gasteiger partial charge is 0.269 e. The van der Waals surface area contributed by atoms with Gasteiger partial charge in [0, 0.05) is 42.0 Å². The quantitative estimate of drug-likeness (QED) is 0.478. The number of aromatic nitrogens is 2. The minimum absolute atomic E-state index is 0.0549. The van der Waals surface area contributed by atoms with E-state index in [4.69, 9.17) is 0 Å². The minimum atomic E-state index is -0.496. The van der Waals surface area contributed by atoms with Crippen LogP contribution in [0.4, 0.5) is 17.2 Å². The van der Waals surface area contributed by atoms with Gasteiger partial charge in [0.1, 0.15) is 0 Å². The molecule has 0 spiro atoms. The third kappa shape index (κ3) is 5.03. The van der Waals surface area contributed by atoms with E-state index in [2.05, 4.69) is 20.4 Å².